The predicted molar refractivity (Wildman–Crippen MR) is 98.6 cm³/mol. The minimum absolute atomic E-state index is 0.0357. The summed E-state index contributed by atoms with van der Waals surface area (Å²) in [5, 5.41) is 17.6. The number of aromatic amines is 1. The molecule has 0 saturated heterocycles. The zero-order valence-electron chi connectivity index (χ0n) is 14.0. The van der Waals surface area contributed by atoms with Crippen LogP contribution in [0.5, 0.6) is 0 Å². The van der Waals surface area contributed by atoms with Gasteiger partial charge in [-0.15, -0.1) is 11.3 Å². The van der Waals surface area contributed by atoms with E-state index in [9.17, 15) is 9.18 Å². The monoisotopic (exact) mass is 369 g/mol. The molecule has 0 atom stereocenters. The molecular weight excluding hydrogens is 353 g/mol. The minimum atomic E-state index is -0.572. The van der Waals surface area contributed by atoms with E-state index in [4.69, 9.17) is 5.26 Å². The average molecular weight is 369 g/mol. The van der Waals surface area contributed by atoms with Crippen LogP contribution in [-0.4, -0.2) is 29.0 Å². The Morgan fingerprint density at radius 2 is 2.27 bits per heavy atom. The highest BCUT2D eigenvalue weighted by Crippen LogP contribution is 2.22. The summed E-state index contributed by atoms with van der Waals surface area (Å²) < 4.78 is 13.5. The lowest BCUT2D eigenvalue weighted by atomic mass is 10.2. The van der Waals surface area contributed by atoms with E-state index in [0.717, 1.165) is 16.3 Å². The summed E-state index contributed by atoms with van der Waals surface area (Å²) in [4.78, 5) is 19.5. The molecule has 3 aromatic rings. The molecule has 1 amide bonds. The zero-order chi connectivity index (χ0) is 18.5. The fourth-order valence-corrected chi connectivity index (χ4v) is 3.04. The van der Waals surface area contributed by atoms with Gasteiger partial charge in [-0.3, -0.25) is 4.79 Å². The van der Waals surface area contributed by atoms with E-state index in [0.29, 0.717) is 24.5 Å². The van der Waals surface area contributed by atoms with Crippen molar-refractivity contribution in [2.24, 2.45) is 0 Å². The highest BCUT2D eigenvalue weighted by Gasteiger charge is 2.11. The third-order valence-electron chi connectivity index (χ3n) is 3.69. The number of rotatable bonds is 6. The SMILES string of the molecule is Cc1nc(-c2c[nH]c(C(=O)NCCNc3cccc(F)c3C#N)c2)cs1. The highest BCUT2D eigenvalue weighted by molar-refractivity contribution is 7.09. The lowest BCUT2D eigenvalue weighted by Crippen LogP contribution is -2.29. The van der Waals surface area contributed by atoms with Gasteiger partial charge in [0.2, 0.25) is 0 Å². The van der Waals surface area contributed by atoms with Gasteiger partial charge in [0.25, 0.3) is 5.91 Å². The number of carbonyl (C=O) groups excluding carboxylic acids is 1. The summed E-state index contributed by atoms with van der Waals surface area (Å²) in [6, 6.07) is 7.95. The van der Waals surface area contributed by atoms with Crippen molar-refractivity contribution in [2.45, 2.75) is 6.92 Å². The van der Waals surface area contributed by atoms with Crippen LogP contribution in [0.4, 0.5) is 10.1 Å². The van der Waals surface area contributed by atoms with Gasteiger partial charge in [0.05, 0.1) is 16.4 Å². The molecule has 0 aliphatic carbocycles. The number of hydrogen-bond acceptors (Lipinski definition) is 5. The van der Waals surface area contributed by atoms with Crippen molar-refractivity contribution in [3.63, 3.8) is 0 Å². The molecule has 3 rings (SSSR count). The molecule has 0 bridgehead atoms. The van der Waals surface area contributed by atoms with Crippen molar-refractivity contribution in [3.05, 3.63) is 57.9 Å². The largest absolute Gasteiger partial charge is 0.382 e. The lowest BCUT2D eigenvalue weighted by Gasteiger charge is -2.09. The number of aromatic nitrogens is 2. The standard InChI is InChI=1S/C18H16FN5OS/c1-11-24-17(10-26-11)12-7-16(23-9-12)18(25)22-6-5-21-15-4-2-3-14(19)13(15)8-20/h2-4,7,9-10,21,23H,5-6H2,1H3,(H,22,25). The second-order valence-corrected chi connectivity index (χ2v) is 6.57. The maximum atomic E-state index is 13.5. The molecule has 0 unspecified atom stereocenters. The van der Waals surface area contributed by atoms with E-state index in [1.165, 1.54) is 12.1 Å². The first-order valence-electron chi connectivity index (χ1n) is 7.90. The van der Waals surface area contributed by atoms with Gasteiger partial charge in [-0.25, -0.2) is 9.37 Å². The van der Waals surface area contributed by atoms with Crippen molar-refractivity contribution < 1.29 is 9.18 Å². The first-order valence-corrected chi connectivity index (χ1v) is 8.78. The van der Waals surface area contributed by atoms with Gasteiger partial charge < -0.3 is 15.6 Å². The molecule has 0 aliphatic heterocycles. The van der Waals surface area contributed by atoms with E-state index < -0.39 is 5.82 Å². The van der Waals surface area contributed by atoms with E-state index in [2.05, 4.69) is 20.6 Å². The predicted octanol–water partition coefficient (Wildman–Crippen LogP) is 3.30. The Morgan fingerprint density at radius 1 is 1.42 bits per heavy atom. The van der Waals surface area contributed by atoms with Crippen LogP contribution in [-0.2, 0) is 0 Å². The molecule has 8 heteroatoms. The van der Waals surface area contributed by atoms with Crippen molar-refractivity contribution in [1.82, 2.24) is 15.3 Å². The van der Waals surface area contributed by atoms with Gasteiger partial charge in [-0.05, 0) is 25.1 Å². The Kier molecular flexibility index (Phi) is 5.29. The molecule has 0 fully saturated rings. The van der Waals surface area contributed by atoms with Crippen molar-refractivity contribution in [3.8, 4) is 17.3 Å². The third kappa shape index (κ3) is 3.90. The molecule has 2 aromatic heterocycles. The number of anilines is 1. The van der Waals surface area contributed by atoms with Gasteiger partial charge in [-0.2, -0.15) is 5.26 Å². The number of benzene rings is 1. The summed E-state index contributed by atoms with van der Waals surface area (Å²) in [6.45, 7) is 2.62. The summed E-state index contributed by atoms with van der Waals surface area (Å²) in [5.74, 6) is -0.817. The summed E-state index contributed by atoms with van der Waals surface area (Å²) >= 11 is 1.55. The van der Waals surface area contributed by atoms with Gasteiger partial charge >= 0.3 is 0 Å². The minimum Gasteiger partial charge on any atom is -0.382 e. The second-order valence-electron chi connectivity index (χ2n) is 5.51. The molecule has 132 valence electrons. The molecular formula is C18H16FN5OS. The number of amides is 1. The number of hydrogen-bond donors (Lipinski definition) is 3. The van der Waals surface area contributed by atoms with Crippen LogP contribution in [0.25, 0.3) is 11.3 Å². The zero-order valence-corrected chi connectivity index (χ0v) is 14.8. The van der Waals surface area contributed by atoms with Crippen LogP contribution in [0.2, 0.25) is 0 Å². The molecule has 0 aliphatic rings. The molecule has 1 aromatic carbocycles. The van der Waals surface area contributed by atoms with E-state index in [1.807, 2.05) is 18.4 Å². The Bertz CT molecular complexity index is 972. The smallest absolute Gasteiger partial charge is 0.267 e. The number of thiazole rings is 1. The van der Waals surface area contributed by atoms with Gasteiger partial charge in [0.15, 0.2) is 0 Å². The molecule has 2 heterocycles. The third-order valence-corrected chi connectivity index (χ3v) is 4.47. The van der Waals surface area contributed by atoms with Gasteiger partial charge in [0.1, 0.15) is 23.1 Å². The summed E-state index contributed by atoms with van der Waals surface area (Å²) in [5.41, 5.74) is 2.50. The Hall–Kier alpha value is -3.18. The van der Waals surface area contributed by atoms with Crippen molar-refractivity contribution in [2.75, 3.05) is 18.4 Å². The maximum absolute atomic E-state index is 13.5. The molecule has 26 heavy (non-hydrogen) atoms. The van der Waals surface area contributed by atoms with Crippen LogP contribution < -0.4 is 10.6 Å². The Balaban J connectivity index is 1.53. The average Bonchev–Trinajstić information content (AvgIpc) is 3.27. The van der Waals surface area contributed by atoms with Crippen molar-refractivity contribution in [1.29, 1.82) is 5.26 Å². The molecule has 3 N–H and O–H groups in total. The number of nitrogens with one attached hydrogen (secondary N) is 3. The van der Waals surface area contributed by atoms with E-state index in [-0.39, 0.29) is 11.5 Å². The highest BCUT2D eigenvalue weighted by atomic mass is 32.1. The number of H-pyrrole nitrogens is 1. The number of halogens is 1. The Morgan fingerprint density at radius 3 is 3.00 bits per heavy atom. The molecule has 6 nitrogen and oxygen atoms in total. The normalized spacial score (nSPS) is 10.3. The number of aryl methyl sites for hydroxylation is 1. The second kappa shape index (κ2) is 7.80. The Labute approximate surface area is 153 Å². The topological polar surface area (TPSA) is 93.6 Å². The molecule has 0 saturated carbocycles. The number of carbonyl (C=O) groups is 1. The number of nitriles is 1. The van der Waals surface area contributed by atoms with E-state index >= 15 is 0 Å². The quantitative estimate of drug-likeness (QED) is 0.581. The fraction of sp³-hybridized carbons (Fsp3) is 0.167. The first-order chi connectivity index (χ1) is 12.6. The molecule has 0 radical (unpaired) electrons. The van der Waals surface area contributed by atoms with Crippen LogP contribution in [0.15, 0.2) is 35.8 Å². The molecule has 0 spiro atoms. The van der Waals surface area contributed by atoms with Crippen LogP contribution in [0.1, 0.15) is 21.1 Å². The van der Waals surface area contributed by atoms with Crippen LogP contribution in [0, 0.1) is 24.1 Å². The fourth-order valence-electron chi connectivity index (χ4n) is 2.42. The van der Waals surface area contributed by atoms with E-state index in [1.54, 1.807) is 29.7 Å². The summed E-state index contributed by atoms with van der Waals surface area (Å²) in [6.07, 6.45) is 1.74. The maximum Gasteiger partial charge on any atom is 0.267 e. The lowest BCUT2D eigenvalue weighted by molar-refractivity contribution is 0.0951. The first kappa shape index (κ1) is 17.6. The summed E-state index contributed by atoms with van der Waals surface area (Å²) in [7, 11) is 0. The van der Waals surface area contributed by atoms with Crippen molar-refractivity contribution >= 4 is 22.9 Å². The van der Waals surface area contributed by atoms with Gasteiger partial charge in [0, 0.05) is 30.2 Å². The van der Waals surface area contributed by atoms with Gasteiger partial charge in [-0.1, -0.05) is 6.07 Å². The van der Waals surface area contributed by atoms with Crippen LogP contribution >= 0.6 is 11.3 Å². The van der Waals surface area contributed by atoms with Crippen LogP contribution in [0.3, 0.4) is 0 Å². The number of nitrogens with zero attached hydrogens (tertiary/aromatic N) is 2.